The summed E-state index contributed by atoms with van der Waals surface area (Å²) in [6.45, 7) is 13.2. The summed E-state index contributed by atoms with van der Waals surface area (Å²) in [5.41, 5.74) is 2.37. The van der Waals surface area contributed by atoms with Crippen LogP contribution in [0.4, 0.5) is 4.79 Å². The second kappa shape index (κ2) is 14.8. The number of hydrogen-bond acceptors (Lipinski definition) is 6. The predicted octanol–water partition coefficient (Wildman–Crippen LogP) is 7.11. The molecule has 256 valence electrons. The minimum absolute atomic E-state index is 0.186. The van der Waals surface area contributed by atoms with Gasteiger partial charge in [-0.2, -0.15) is 0 Å². The fourth-order valence-electron chi connectivity index (χ4n) is 5.85. The summed E-state index contributed by atoms with van der Waals surface area (Å²) >= 11 is 6.65. The Bertz CT molecular complexity index is 1640. The van der Waals surface area contributed by atoms with Crippen molar-refractivity contribution in [3.8, 4) is 0 Å². The van der Waals surface area contributed by atoms with Gasteiger partial charge in [0, 0.05) is 24.5 Å². The SMILES string of the molecule is COC(=O)c1ccc(CN(C(=O)C2Cc3ccccc3CN2C(=O)C(NC(=O)OC(C)(C)C)C(C)(C)C)C(C)c2ccccc2Cl)cc1. The maximum Gasteiger partial charge on any atom is 0.408 e. The molecule has 0 saturated carbocycles. The zero-order valence-corrected chi connectivity index (χ0v) is 29.8. The Balaban J connectivity index is 1.77. The number of fused-ring (bicyclic) bond motifs is 1. The average Bonchev–Trinajstić information content (AvgIpc) is 3.03. The van der Waals surface area contributed by atoms with Crippen LogP contribution in [0.5, 0.6) is 0 Å². The molecule has 0 bridgehead atoms. The molecule has 1 aliphatic heterocycles. The van der Waals surface area contributed by atoms with Crippen LogP contribution in [0, 0.1) is 5.41 Å². The number of amides is 3. The number of halogens is 1. The molecule has 9 nitrogen and oxygen atoms in total. The molecule has 0 aliphatic carbocycles. The molecule has 0 saturated heterocycles. The van der Waals surface area contributed by atoms with Gasteiger partial charge < -0.3 is 24.6 Å². The third-order valence-corrected chi connectivity index (χ3v) is 8.77. The fourth-order valence-corrected chi connectivity index (χ4v) is 6.15. The number of nitrogens with one attached hydrogen (secondary N) is 1. The first kappa shape index (κ1) is 36.5. The lowest BCUT2D eigenvalue weighted by Crippen LogP contribution is -2.61. The van der Waals surface area contributed by atoms with Crippen LogP contribution < -0.4 is 5.32 Å². The highest BCUT2D eigenvalue weighted by atomic mass is 35.5. The normalized spacial score (nSPS) is 15.9. The molecule has 4 rings (SSSR count). The predicted molar refractivity (Wildman–Crippen MR) is 185 cm³/mol. The molecule has 3 atom stereocenters. The molecule has 1 aliphatic rings. The number of esters is 1. The minimum atomic E-state index is -0.979. The number of rotatable bonds is 8. The Hall–Kier alpha value is -4.37. The molecule has 0 aromatic heterocycles. The maximum atomic E-state index is 15.0. The topological polar surface area (TPSA) is 105 Å². The number of carbonyl (C=O) groups is 4. The highest BCUT2D eigenvalue weighted by molar-refractivity contribution is 6.31. The number of hydrogen-bond donors (Lipinski definition) is 1. The molecule has 0 spiro atoms. The van der Waals surface area contributed by atoms with Gasteiger partial charge in [-0.05, 0) is 73.6 Å². The van der Waals surface area contributed by atoms with Gasteiger partial charge in [0.2, 0.25) is 11.8 Å². The summed E-state index contributed by atoms with van der Waals surface area (Å²) in [7, 11) is 1.32. The summed E-state index contributed by atoms with van der Waals surface area (Å²) in [5.74, 6) is -1.11. The van der Waals surface area contributed by atoms with Crippen LogP contribution in [0.15, 0.2) is 72.8 Å². The third kappa shape index (κ3) is 8.75. The molecule has 3 aromatic carbocycles. The first-order valence-corrected chi connectivity index (χ1v) is 16.5. The van der Waals surface area contributed by atoms with Gasteiger partial charge in [-0.1, -0.05) is 87.0 Å². The highest BCUT2D eigenvalue weighted by Gasteiger charge is 2.44. The van der Waals surface area contributed by atoms with E-state index in [4.69, 9.17) is 21.1 Å². The standard InChI is InChI=1S/C38H46ClN3O6/c1-24(29-15-11-12-16-30(29)39)41(22-25-17-19-26(20-18-25)35(45)47-8)33(43)31-21-27-13-9-10-14-28(27)23-42(31)34(44)32(37(2,3)4)40-36(46)48-38(5,6)7/h9-20,24,31-32H,21-23H2,1-8H3,(H,40,46). The van der Waals surface area contributed by atoms with Crippen molar-refractivity contribution in [2.75, 3.05) is 7.11 Å². The van der Waals surface area contributed by atoms with Crippen LogP contribution in [0.1, 0.15) is 87.1 Å². The molecule has 3 aromatic rings. The van der Waals surface area contributed by atoms with Gasteiger partial charge >= 0.3 is 12.1 Å². The number of alkyl carbamates (subject to hydrolysis) is 1. The maximum absolute atomic E-state index is 15.0. The van der Waals surface area contributed by atoms with E-state index < -0.39 is 41.2 Å². The van der Waals surface area contributed by atoms with E-state index >= 15 is 0 Å². The second-order valence-electron chi connectivity index (χ2n) is 14.3. The number of methoxy groups -OCH3 is 1. The summed E-state index contributed by atoms with van der Waals surface area (Å²) in [4.78, 5) is 57.9. The Morgan fingerprint density at radius 3 is 2.10 bits per heavy atom. The Labute approximate surface area is 288 Å². The number of carbonyl (C=O) groups excluding carboxylic acids is 4. The van der Waals surface area contributed by atoms with E-state index in [1.165, 1.54) is 7.11 Å². The van der Waals surface area contributed by atoms with Gasteiger partial charge in [0.15, 0.2) is 0 Å². The van der Waals surface area contributed by atoms with E-state index in [1.54, 1.807) is 60.9 Å². The molecular weight excluding hydrogens is 630 g/mol. The molecule has 48 heavy (non-hydrogen) atoms. The molecular formula is C38H46ClN3O6. The zero-order chi connectivity index (χ0) is 35.4. The van der Waals surface area contributed by atoms with Gasteiger partial charge in [0.1, 0.15) is 17.7 Å². The number of ether oxygens (including phenoxy) is 2. The second-order valence-corrected chi connectivity index (χ2v) is 14.7. The van der Waals surface area contributed by atoms with Crippen LogP contribution in [-0.4, -0.2) is 58.5 Å². The summed E-state index contributed by atoms with van der Waals surface area (Å²) in [5, 5.41) is 3.32. The van der Waals surface area contributed by atoms with Gasteiger partial charge in [-0.15, -0.1) is 0 Å². The smallest absolute Gasteiger partial charge is 0.408 e. The molecule has 0 fully saturated rings. The molecule has 1 N–H and O–H groups in total. The van der Waals surface area contributed by atoms with Gasteiger partial charge in [0.05, 0.1) is 18.7 Å². The average molecular weight is 676 g/mol. The number of benzene rings is 3. The fraction of sp³-hybridized carbons (Fsp3) is 0.421. The van der Waals surface area contributed by atoms with E-state index in [-0.39, 0.29) is 31.3 Å². The first-order valence-electron chi connectivity index (χ1n) is 16.1. The molecule has 1 heterocycles. The van der Waals surface area contributed by atoms with Crippen molar-refractivity contribution < 1.29 is 28.7 Å². The Morgan fingerprint density at radius 1 is 0.917 bits per heavy atom. The van der Waals surface area contributed by atoms with Crippen molar-refractivity contribution in [2.24, 2.45) is 5.41 Å². The van der Waals surface area contributed by atoms with Gasteiger partial charge in [0.25, 0.3) is 0 Å². The lowest BCUT2D eigenvalue weighted by atomic mass is 9.84. The van der Waals surface area contributed by atoms with Crippen molar-refractivity contribution in [1.82, 2.24) is 15.1 Å². The quantitative estimate of drug-likeness (QED) is 0.255. The van der Waals surface area contributed by atoms with Gasteiger partial charge in [-0.3, -0.25) is 9.59 Å². The van der Waals surface area contributed by atoms with Crippen LogP contribution in [0.2, 0.25) is 5.02 Å². The Kier molecular flexibility index (Phi) is 11.3. The lowest BCUT2D eigenvalue weighted by molar-refractivity contribution is -0.151. The summed E-state index contributed by atoms with van der Waals surface area (Å²) in [6.07, 6.45) is -0.419. The highest BCUT2D eigenvalue weighted by Crippen LogP contribution is 2.33. The first-order chi connectivity index (χ1) is 22.5. The molecule has 3 amide bonds. The van der Waals surface area contributed by atoms with Crippen LogP contribution in [0.3, 0.4) is 0 Å². The third-order valence-electron chi connectivity index (χ3n) is 8.42. The largest absolute Gasteiger partial charge is 0.465 e. The van der Waals surface area contributed by atoms with Crippen LogP contribution in [0.25, 0.3) is 0 Å². The monoisotopic (exact) mass is 675 g/mol. The summed E-state index contributed by atoms with van der Waals surface area (Å²) in [6, 6.07) is 19.7. The van der Waals surface area contributed by atoms with E-state index in [0.29, 0.717) is 10.6 Å². The lowest BCUT2D eigenvalue weighted by Gasteiger charge is -2.43. The number of nitrogens with zero attached hydrogens (tertiary/aromatic N) is 2. The van der Waals surface area contributed by atoms with Crippen LogP contribution in [-0.2, 0) is 38.6 Å². The van der Waals surface area contributed by atoms with E-state index in [9.17, 15) is 19.2 Å². The van der Waals surface area contributed by atoms with Crippen LogP contribution >= 0.6 is 11.6 Å². The van der Waals surface area contributed by atoms with Crippen molar-refractivity contribution in [2.45, 2.75) is 91.7 Å². The van der Waals surface area contributed by atoms with Crippen molar-refractivity contribution in [3.05, 3.63) is 106 Å². The van der Waals surface area contributed by atoms with Crippen molar-refractivity contribution in [3.63, 3.8) is 0 Å². The molecule has 3 unspecified atom stereocenters. The van der Waals surface area contributed by atoms with Gasteiger partial charge in [-0.25, -0.2) is 9.59 Å². The van der Waals surface area contributed by atoms with Crippen molar-refractivity contribution in [1.29, 1.82) is 0 Å². The summed E-state index contributed by atoms with van der Waals surface area (Å²) < 4.78 is 10.4. The van der Waals surface area contributed by atoms with Crippen molar-refractivity contribution >= 4 is 35.5 Å². The van der Waals surface area contributed by atoms with E-state index in [2.05, 4.69) is 5.32 Å². The molecule has 10 heteroatoms. The van der Waals surface area contributed by atoms with E-state index in [0.717, 1.165) is 22.3 Å². The Morgan fingerprint density at radius 2 is 1.52 bits per heavy atom. The zero-order valence-electron chi connectivity index (χ0n) is 29.0. The van der Waals surface area contributed by atoms with E-state index in [1.807, 2.05) is 70.2 Å². The molecule has 0 radical (unpaired) electrons. The minimum Gasteiger partial charge on any atom is -0.465 e.